The zero-order valence-corrected chi connectivity index (χ0v) is 9.79. The Morgan fingerprint density at radius 3 is 2.62 bits per heavy atom. The highest BCUT2D eigenvalue weighted by Crippen LogP contribution is 2.28. The van der Waals surface area contributed by atoms with Crippen molar-refractivity contribution in [3.8, 4) is 0 Å². The highest BCUT2D eigenvalue weighted by Gasteiger charge is 2.02. The molecule has 4 nitrogen and oxygen atoms in total. The first-order chi connectivity index (χ1) is 7.63. The number of nitrogens with zero attached hydrogens (tertiary/aromatic N) is 2. The van der Waals surface area contributed by atoms with Gasteiger partial charge in [0.15, 0.2) is 0 Å². The monoisotopic (exact) mass is 252 g/mol. The Labute approximate surface area is 102 Å². The Balaban J connectivity index is 2.27. The molecule has 2 aromatic rings. The molecule has 1 heterocycles. The molecule has 1 aromatic carbocycles. The Morgan fingerprint density at radius 2 is 1.94 bits per heavy atom. The smallest absolute Gasteiger partial charge is 0.223 e. The number of nitrogen functional groups attached to an aromatic ring is 2. The first-order valence-electron chi connectivity index (χ1n) is 4.47. The number of aromatic nitrogens is 2. The van der Waals surface area contributed by atoms with Crippen LogP contribution in [-0.2, 0) is 0 Å². The van der Waals surface area contributed by atoms with Gasteiger partial charge in [0, 0.05) is 16.0 Å². The van der Waals surface area contributed by atoms with Crippen molar-refractivity contribution in [1.29, 1.82) is 0 Å². The fourth-order valence-corrected chi connectivity index (χ4v) is 2.31. The topological polar surface area (TPSA) is 77.8 Å². The van der Waals surface area contributed by atoms with Gasteiger partial charge in [0.05, 0.1) is 0 Å². The minimum Gasteiger partial charge on any atom is -0.383 e. The second-order valence-corrected chi connectivity index (χ2v) is 4.58. The van der Waals surface area contributed by atoms with Crippen LogP contribution in [0.3, 0.4) is 0 Å². The standard InChI is InChI=1S/C10H9ClN4S/c11-6-2-1-3-7(4-6)16-9-5-8(12)14-10(13)15-9/h1-5H,(H4,12,13,14,15). The quantitative estimate of drug-likeness (QED) is 0.803. The van der Waals surface area contributed by atoms with Crippen molar-refractivity contribution in [2.24, 2.45) is 0 Å². The molecule has 6 heteroatoms. The second-order valence-electron chi connectivity index (χ2n) is 3.05. The highest BCUT2D eigenvalue weighted by molar-refractivity contribution is 7.99. The van der Waals surface area contributed by atoms with E-state index in [0.29, 0.717) is 15.9 Å². The van der Waals surface area contributed by atoms with E-state index in [0.717, 1.165) is 4.90 Å². The van der Waals surface area contributed by atoms with Gasteiger partial charge >= 0.3 is 0 Å². The van der Waals surface area contributed by atoms with Crippen LogP contribution in [0, 0.1) is 0 Å². The lowest BCUT2D eigenvalue weighted by molar-refractivity contribution is 1.07. The summed E-state index contributed by atoms with van der Waals surface area (Å²) in [4.78, 5) is 8.84. The summed E-state index contributed by atoms with van der Waals surface area (Å²) in [6.07, 6.45) is 0. The van der Waals surface area contributed by atoms with Gasteiger partial charge in [0.1, 0.15) is 10.8 Å². The van der Waals surface area contributed by atoms with Crippen molar-refractivity contribution in [2.75, 3.05) is 11.5 Å². The van der Waals surface area contributed by atoms with Crippen LogP contribution in [0.2, 0.25) is 5.02 Å². The Morgan fingerprint density at radius 1 is 1.12 bits per heavy atom. The molecule has 0 saturated heterocycles. The van der Waals surface area contributed by atoms with Crippen LogP contribution in [0.4, 0.5) is 11.8 Å². The first kappa shape index (κ1) is 11.0. The van der Waals surface area contributed by atoms with Crippen LogP contribution < -0.4 is 11.5 Å². The van der Waals surface area contributed by atoms with Crippen LogP contribution in [0.1, 0.15) is 0 Å². The minimum absolute atomic E-state index is 0.171. The van der Waals surface area contributed by atoms with Gasteiger partial charge in [-0.3, -0.25) is 0 Å². The van der Waals surface area contributed by atoms with Crippen molar-refractivity contribution in [3.63, 3.8) is 0 Å². The number of anilines is 2. The van der Waals surface area contributed by atoms with E-state index in [1.807, 2.05) is 24.3 Å². The van der Waals surface area contributed by atoms with Crippen molar-refractivity contribution in [3.05, 3.63) is 35.4 Å². The molecule has 0 spiro atoms. The Kier molecular flexibility index (Phi) is 3.17. The predicted molar refractivity (Wildman–Crippen MR) is 66.4 cm³/mol. The summed E-state index contributed by atoms with van der Waals surface area (Å²) in [5, 5.41) is 1.38. The van der Waals surface area contributed by atoms with E-state index in [4.69, 9.17) is 23.1 Å². The molecule has 0 saturated carbocycles. The van der Waals surface area contributed by atoms with E-state index in [2.05, 4.69) is 9.97 Å². The molecule has 16 heavy (non-hydrogen) atoms. The molecular formula is C10H9ClN4S. The fourth-order valence-electron chi connectivity index (χ4n) is 1.16. The summed E-state index contributed by atoms with van der Waals surface area (Å²) in [7, 11) is 0. The summed E-state index contributed by atoms with van der Waals surface area (Å²) in [5.74, 6) is 0.529. The second kappa shape index (κ2) is 4.59. The van der Waals surface area contributed by atoms with Crippen molar-refractivity contribution in [2.45, 2.75) is 9.92 Å². The molecule has 0 fully saturated rings. The zero-order valence-electron chi connectivity index (χ0n) is 8.22. The van der Waals surface area contributed by atoms with Crippen LogP contribution in [0.15, 0.2) is 40.3 Å². The molecule has 2 rings (SSSR count). The van der Waals surface area contributed by atoms with Crippen LogP contribution in [0.5, 0.6) is 0 Å². The van der Waals surface area contributed by atoms with Crippen molar-refractivity contribution in [1.82, 2.24) is 9.97 Å². The van der Waals surface area contributed by atoms with Gasteiger partial charge in [0.2, 0.25) is 5.95 Å². The van der Waals surface area contributed by atoms with Crippen LogP contribution in [0.25, 0.3) is 0 Å². The third kappa shape index (κ3) is 2.77. The summed E-state index contributed by atoms with van der Waals surface area (Å²) in [6.45, 7) is 0. The summed E-state index contributed by atoms with van der Waals surface area (Å²) in [6, 6.07) is 9.14. The summed E-state index contributed by atoms with van der Waals surface area (Å²) >= 11 is 7.31. The lowest BCUT2D eigenvalue weighted by Gasteiger charge is -2.03. The Hall–Kier alpha value is -1.46. The molecule has 0 unspecified atom stereocenters. The van der Waals surface area contributed by atoms with Crippen LogP contribution >= 0.6 is 23.4 Å². The maximum Gasteiger partial charge on any atom is 0.223 e. The molecule has 0 aliphatic heterocycles. The van der Waals surface area contributed by atoms with E-state index < -0.39 is 0 Å². The highest BCUT2D eigenvalue weighted by atomic mass is 35.5. The van der Waals surface area contributed by atoms with Gasteiger partial charge < -0.3 is 11.5 Å². The summed E-state index contributed by atoms with van der Waals surface area (Å²) < 4.78 is 0. The maximum absolute atomic E-state index is 5.88. The van der Waals surface area contributed by atoms with Gasteiger partial charge in [-0.25, -0.2) is 4.98 Å². The molecule has 1 aromatic heterocycles. The number of hydrogen-bond donors (Lipinski definition) is 2. The molecule has 4 N–H and O–H groups in total. The predicted octanol–water partition coefficient (Wildman–Crippen LogP) is 2.45. The van der Waals surface area contributed by atoms with E-state index in [1.54, 1.807) is 6.07 Å². The van der Waals surface area contributed by atoms with Gasteiger partial charge in [-0.15, -0.1) is 0 Å². The molecule has 0 amide bonds. The van der Waals surface area contributed by atoms with Gasteiger partial charge in [-0.05, 0) is 18.2 Å². The van der Waals surface area contributed by atoms with Crippen molar-refractivity contribution >= 4 is 35.1 Å². The number of rotatable bonds is 2. The average Bonchev–Trinajstić information content (AvgIpc) is 2.15. The van der Waals surface area contributed by atoms with Crippen LogP contribution in [-0.4, -0.2) is 9.97 Å². The molecule has 0 aliphatic carbocycles. The third-order valence-corrected chi connectivity index (χ3v) is 2.90. The SMILES string of the molecule is Nc1cc(Sc2cccc(Cl)c2)nc(N)n1. The fraction of sp³-hybridized carbons (Fsp3) is 0. The maximum atomic E-state index is 5.88. The molecular weight excluding hydrogens is 244 g/mol. The normalized spacial score (nSPS) is 10.3. The van der Waals surface area contributed by atoms with Gasteiger partial charge in [0.25, 0.3) is 0 Å². The molecule has 0 bridgehead atoms. The minimum atomic E-state index is 0.171. The van der Waals surface area contributed by atoms with Gasteiger partial charge in [-0.2, -0.15) is 4.98 Å². The number of nitrogens with two attached hydrogens (primary N) is 2. The zero-order chi connectivity index (χ0) is 11.5. The summed E-state index contributed by atoms with van der Waals surface area (Å²) in [5.41, 5.74) is 11.1. The van der Waals surface area contributed by atoms with Gasteiger partial charge in [-0.1, -0.05) is 29.4 Å². The van der Waals surface area contributed by atoms with E-state index in [-0.39, 0.29) is 5.95 Å². The lowest BCUT2D eigenvalue weighted by Crippen LogP contribution is -1.99. The largest absolute Gasteiger partial charge is 0.383 e. The molecule has 0 aliphatic rings. The average molecular weight is 253 g/mol. The van der Waals surface area contributed by atoms with E-state index in [9.17, 15) is 0 Å². The molecule has 82 valence electrons. The molecule has 0 atom stereocenters. The number of benzene rings is 1. The number of hydrogen-bond acceptors (Lipinski definition) is 5. The Bertz CT molecular complexity index is 498. The van der Waals surface area contributed by atoms with E-state index in [1.165, 1.54) is 11.8 Å². The molecule has 0 radical (unpaired) electrons. The van der Waals surface area contributed by atoms with Crippen molar-refractivity contribution < 1.29 is 0 Å². The first-order valence-corrected chi connectivity index (χ1v) is 5.66. The van der Waals surface area contributed by atoms with E-state index >= 15 is 0 Å². The third-order valence-electron chi connectivity index (χ3n) is 1.76. The number of halogens is 1. The lowest BCUT2D eigenvalue weighted by atomic mass is 10.4.